The van der Waals surface area contributed by atoms with Gasteiger partial charge in [-0.3, -0.25) is 5.10 Å². The number of rotatable bonds is 2. The Morgan fingerprint density at radius 1 is 1.05 bits per heavy atom. The van der Waals surface area contributed by atoms with Gasteiger partial charge in [-0.2, -0.15) is 5.10 Å². The molecule has 1 aromatic heterocycles. The first kappa shape index (κ1) is 12.9. The number of benzene rings is 1. The second-order valence-corrected chi connectivity index (χ2v) is 6.14. The first-order valence-electron chi connectivity index (χ1n) is 8.06. The Hall–Kier alpha value is -1.84. The molecule has 1 saturated carbocycles. The smallest absolute Gasteiger partial charge is 0.153 e. The van der Waals surface area contributed by atoms with Gasteiger partial charge in [0.15, 0.2) is 5.82 Å². The van der Waals surface area contributed by atoms with Crippen molar-refractivity contribution in [3.05, 3.63) is 41.5 Å². The molecule has 1 unspecified atom stereocenters. The molecule has 4 nitrogen and oxygen atoms in total. The number of aromatic nitrogens is 3. The van der Waals surface area contributed by atoms with Crippen LogP contribution in [0.15, 0.2) is 24.3 Å². The molecule has 110 valence electrons. The number of nitrogens with zero attached hydrogens (tertiary/aromatic N) is 2. The van der Waals surface area contributed by atoms with Crippen molar-refractivity contribution in [3.63, 3.8) is 0 Å². The van der Waals surface area contributed by atoms with Gasteiger partial charge < -0.3 is 4.74 Å². The number of hydrogen-bond acceptors (Lipinski definition) is 3. The molecule has 0 saturated heterocycles. The molecule has 2 heterocycles. The third kappa shape index (κ3) is 2.43. The minimum Gasteiger partial charge on any atom is -0.493 e. The van der Waals surface area contributed by atoms with Gasteiger partial charge in [0.2, 0.25) is 0 Å². The van der Waals surface area contributed by atoms with Gasteiger partial charge in [0, 0.05) is 11.5 Å². The predicted molar refractivity (Wildman–Crippen MR) is 80.6 cm³/mol. The Labute approximate surface area is 124 Å². The van der Waals surface area contributed by atoms with Crippen LogP contribution in [0.25, 0.3) is 0 Å². The highest BCUT2D eigenvalue weighted by molar-refractivity contribution is 5.40. The normalized spacial score (nSPS) is 22.6. The molecule has 2 aromatic rings. The summed E-state index contributed by atoms with van der Waals surface area (Å²) >= 11 is 0. The van der Waals surface area contributed by atoms with Crippen molar-refractivity contribution in [2.75, 3.05) is 6.61 Å². The predicted octanol–water partition coefficient (Wildman–Crippen LogP) is 3.77. The average Bonchev–Trinajstić information content (AvgIpc) is 3.05. The molecular formula is C17H21N3O. The number of hydrogen-bond donors (Lipinski definition) is 1. The van der Waals surface area contributed by atoms with Gasteiger partial charge in [-0.25, -0.2) is 4.98 Å². The van der Waals surface area contributed by atoms with E-state index in [-0.39, 0.29) is 0 Å². The largest absolute Gasteiger partial charge is 0.493 e. The summed E-state index contributed by atoms with van der Waals surface area (Å²) in [6.45, 7) is 0.751. The summed E-state index contributed by atoms with van der Waals surface area (Å²) < 4.78 is 5.74. The van der Waals surface area contributed by atoms with Gasteiger partial charge in [-0.05, 0) is 25.3 Å². The van der Waals surface area contributed by atoms with Gasteiger partial charge in [0.25, 0.3) is 0 Å². The summed E-state index contributed by atoms with van der Waals surface area (Å²) in [5, 5.41) is 7.71. The van der Waals surface area contributed by atoms with Gasteiger partial charge in [-0.15, -0.1) is 0 Å². The van der Waals surface area contributed by atoms with E-state index in [9.17, 15) is 0 Å². The average molecular weight is 283 g/mol. The maximum absolute atomic E-state index is 5.74. The monoisotopic (exact) mass is 283 g/mol. The molecule has 0 bridgehead atoms. The standard InChI is InChI=1S/C17H21N3O/c1-2-6-12(7-3-1)16-18-17(20-19-16)14-10-11-21-15-9-5-4-8-13(14)15/h4-5,8-9,12,14H,1-3,6-7,10-11H2,(H,18,19,20). The molecular weight excluding hydrogens is 262 g/mol. The quantitative estimate of drug-likeness (QED) is 0.912. The third-order valence-electron chi connectivity index (χ3n) is 4.78. The summed E-state index contributed by atoms with van der Waals surface area (Å²) in [5.41, 5.74) is 1.23. The summed E-state index contributed by atoms with van der Waals surface area (Å²) in [7, 11) is 0. The van der Waals surface area contributed by atoms with Crippen LogP contribution in [0.5, 0.6) is 5.75 Å². The van der Waals surface area contributed by atoms with Crippen molar-refractivity contribution in [1.29, 1.82) is 0 Å². The van der Waals surface area contributed by atoms with Crippen LogP contribution in [0.3, 0.4) is 0 Å². The number of ether oxygens (including phenoxy) is 1. The van der Waals surface area contributed by atoms with Crippen LogP contribution in [-0.4, -0.2) is 21.8 Å². The van der Waals surface area contributed by atoms with E-state index in [4.69, 9.17) is 9.72 Å². The maximum atomic E-state index is 5.74. The number of fused-ring (bicyclic) bond motifs is 1. The fourth-order valence-electron chi connectivity index (χ4n) is 3.61. The third-order valence-corrected chi connectivity index (χ3v) is 4.78. The summed E-state index contributed by atoms with van der Waals surface area (Å²) in [5.74, 6) is 3.86. The van der Waals surface area contributed by atoms with Gasteiger partial charge in [-0.1, -0.05) is 37.5 Å². The van der Waals surface area contributed by atoms with E-state index in [2.05, 4.69) is 22.3 Å². The highest BCUT2D eigenvalue weighted by Crippen LogP contribution is 2.37. The molecule has 21 heavy (non-hydrogen) atoms. The van der Waals surface area contributed by atoms with Gasteiger partial charge in [0.05, 0.1) is 12.5 Å². The Bertz CT molecular complexity index is 616. The van der Waals surface area contributed by atoms with Crippen LogP contribution in [0, 0.1) is 0 Å². The zero-order valence-electron chi connectivity index (χ0n) is 12.2. The van der Waals surface area contributed by atoms with Crippen molar-refractivity contribution in [3.8, 4) is 5.75 Å². The lowest BCUT2D eigenvalue weighted by Gasteiger charge is -2.24. The van der Waals surface area contributed by atoms with Crippen molar-refractivity contribution >= 4 is 0 Å². The first-order chi connectivity index (χ1) is 10.4. The molecule has 1 aliphatic heterocycles. The zero-order chi connectivity index (χ0) is 14.1. The molecule has 0 amide bonds. The Kier molecular flexibility index (Phi) is 3.37. The second kappa shape index (κ2) is 5.51. The topological polar surface area (TPSA) is 50.8 Å². The lowest BCUT2D eigenvalue weighted by Crippen LogP contribution is -2.16. The van der Waals surface area contributed by atoms with Gasteiger partial charge >= 0.3 is 0 Å². The van der Waals surface area contributed by atoms with Crippen LogP contribution in [0.2, 0.25) is 0 Å². The first-order valence-corrected chi connectivity index (χ1v) is 8.06. The van der Waals surface area contributed by atoms with Gasteiger partial charge in [0.1, 0.15) is 11.6 Å². The zero-order valence-corrected chi connectivity index (χ0v) is 12.2. The van der Waals surface area contributed by atoms with Crippen LogP contribution < -0.4 is 4.74 Å². The summed E-state index contributed by atoms with van der Waals surface area (Å²) in [6, 6.07) is 8.27. The lowest BCUT2D eigenvalue weighted by molar-refractivity contribution is 0.274. The van der Waals surface area contributed by atoms with Crippen LogP contribution in [-0.2, 0) is 0 Å². The fraction of sp³-hybridized carbons (Fsp3) is 0.529. The fourth-order valence-corrected chi connectivity index (χ4v) is 3.61. The number of aromatic amines is 1. The summed E-state index contributed by atoms with van der Waals surface area (Å²) in [6.07, 6.45) is 7.43. The molecule has 2 aliphatic rings. The molecule has 1 atom stereocenters. The second-order valence-electron chi connectivity index (χ2n) is 6.14. The van der Waals surface area contributed by atoms with Crippen molar-refractivity contribution < 1.29 is 4.74 Å². The van der Waals surface area contributed by atoms with E-state index in [0.717, 1.165) is 30.4 Å². The Morgan fingerprint density at radius 2 is 1.90 bits per heavy atom. The van der Waals surface area contributed by atoms with Crippen molar-refractivity contribution in [1.82, 2.24) is 15.2 Å². The number of nitrogens with one attached hydrogen (secondary N) is 1. The summed E-state index contributed by atoms with van der Waals surface area (Å²) in [4.78, 5) is 4.83. The van der Waals surface area contributed by atoms with Crippen molar-refractivity contribution in [2.24, 2.45) is 0 Å². The van der Waals surface area contributed by atoms with E-state index in [0.29, 0.717) is 11.8 Å². The molecule has 1 N–H and O–H groups in total. The molecule has 4 rings (SSSR count). The van der Waals surface area contributed by atoms with E-state index in [1.54, 1.807) is 0 Å². The molecule has 0 radical (unpaired) electrons. The molecule has 0 spiro atoms. The van der Waals surface area contributed by atoms with E-state index >= 15 is 0 Å². The van der Waals surface area contributed by atoms with E-state index in [1.165, 1.54) is 37.7 Å². The van der Waals surface area contributed by atoms with Crippen LogP contribution >= 0.6 is 0 Å². The Balaban J connectivity index is 1.61. The highest BCUT2D eigenvalue weighted by atomic mass is 16.5. The number of H-pyrrole nitrogens is 1. The molecule has 4 heteroatoms. The lowest BCUT2D eigenvalue weighted by atomic mass is 9.88. The SMILES string of the molecule is c1ccc2c(c1)OCCC2c1nc(C2CCCCC2)n[nH]1. The minimum atomic E-state index is 0.291. The van der Waals surface area contributed by atoms with E-state index < -0.39 is 0 Å². The minimum absolute atomic E-state index is 0.291. The number of para-hydroxylation sites is 1. The molecule has 1 fully saturated rings. The van der Waals surface area contributed by atoms with Crippen molar-refractivity contribution in [2.45, 2.75) is 50.4 Å². The van der Waals surface area contributed by atoms with Crippen LogP contribution in [0.1, 0.15) is 67.6 Å². The Morgan fingerprint density at radius 3 is 2.81 bits per heavy atom. The van der Waals surface area contributed by atoms with E-state index in [1.807, 2.05) is 12.1 Å². The molecule has 1 aromatic carbocycles. The molecule has 1 aliphatic carbocycles. The maximum Gasteiger partial charge on any atom is 0.153 e. The highest BCUT2D eigenvalue weighted by Gasteiger charge is 2.27. The van der Waals surface area contributed by atoms with Crippen LogP contribution in [0.4, 0.5) is 0 Å².